The first-order valence-corrected chi connectivity index (χ1v) is 3.17. The quantitative estimate of drug-likeness (QED) is 0.367. The van der Waals surface area contributed by atoms with Gasteiger partial charge in [-0.05, 0) is 0 Å². The van der Waals surface area contributed by atoms with Gasteiger partial charge in [-0.3, -0.25) is 9.59 Å². The van der Waals surface area contributed by atoms with Gasteiger partial charge < -0.3 is 21.9 Å². The minimum Gasteiger partial charge on any atom is -1.00 e. The molecular weight excluding hydrogens is 247 g/mol. The molecule has 0 bridgehead atoms. The molecule has 7 nitrogen and oxygen atoms in total. The van der Waals surface area contributed by atoms with Crippen LogP contribution in [-0.4, -0.2) is 43.9 Å². The summed E-state index contributed by atoms with van der Waals surface area (Å²) >= 11 is 0. The van der Waals surface area contributed by atoms with Gasteiger partial charge in [-0.2, -0.15) is 0 Å². The van der Waals surface area contributed by atoms with E-state index in [1.165, 1.54) is 0 Å². The molecule has 4 N–H and O–H groups in total. The van der Waals surface area contributed by atoms with Crippen LogP contribution in [0.2, 0.25) is 0 Å². The van der Waals surface area contributed by atoms with Crippen LogP contribution in [0.1, 0.15) is 14.3 Å². The minimum absolute atomic E-state index is 0. The summed E-state index contributed by atoms with van der Waals surface area (Å²) in [6.45, 7) is 0. The maximum absolute atomic E-state index is 10.3. The van der Waals surface area contributed by atoms with Gasteiger partial charge in [0, 0.05) is 17.1 Å². The topological polar surface area (TPSA) is 132 Å². The molecule has 0 atom stereocenters. The fraction of sp³-hybridized carbons (Fsp3) is 0.500. The molecule has 0 heterocycles. The predicted octanol–water partition coefficient (Wildman–Crippen LogP) is -4.13. The zero-order valence-corrected chi connectivity index (χ0v) is 8.89. The van der Waals surface area contributed by atoms with Crippen LogP contribution in [0.25, 0.3) is 0 Å². The van der Waals surface area contributed by atoms with Crippen LogP contribution < -0.4 is 18.9 Å². The second-order valence-corrected chi connectivity index (χ2v) is 2.48. The van der Waals surface area contributed by atoms with Crippen LogP contribution >= 0.6 is 0 Å². The van der Waals surface area contributed by atoms with Gasteiger partial charge in [-0.1, -0.05) is 0 Å². The Kier molecular flexibility index (Phi) is 10.3. The van der Waals surface area contributed by atoms with E-state index >= 15 is 0 Å². The summed E-state index contributed by atoms with van der Waals surface area (Å²) in [6, 6.07) is 0. The van der Waals surface area contributed by atoms with Gasteiger partial charge in [0.15, 0.2) is 5.60 Å². The fourth-order valence-corrected chi connectivity index (χ4v) is 0.714. The number of aliphatic hydroxyl groups is 1. The fourth-order valence-electron chi connectivity index (χ4n) is 0.714. The van der Waals surface area contributed by atoms with E-state index < -0.39 is 36.4 Å². The van der Waals surface area contributed by atoms with Crippen LogP contribution in [0.3, 0.4) is 0 Å². The van der Waals surface area contributed by atoms with Gasteiger partial charge in [0.2, 0.25) is 0 Å². The van der Waals surface area contributed by atoms with Gasteiger partial charge in [0.1, 0.15) is 0 Å². The van der Waals surface area contributed by atoms with E-state index in [2.05, 4.69) is 0 Å². The van der Waals surface area contributed by atoms with Crippen molar-refractivity contribution in [1.82, 2.24) is 0 Å². The molecule has 0 aromatic heterocycles. The molecule has 0 aromatic carbocycles. The normalized spacial score (nSPS) is 9.40. The molecule has 15 heavy (non-hydrogen) atoms. The number of carboxylic acid groups (broad SMARTS) is 3. The monoisotopic (exact) mass is 256 g/mol. The number of carboxylic acids is 3. The van der Waals surface area contributed by atoms with Gasteiger partial charge in [0.05, 0.1) is 12.8 Å². The summed E-state index contributed by atoms with van der Waals surface area (Å²) < 4.78 is 0. The number of hydrogen-bond acceptors (Lipinski definition) is 4. The van der Waals surface area contributed by atoms with Gasteiger partial charge >= 0.3 is 36.8 Å². The minimum atomic E-state index is -2.74. The zero-order valence-electron chi connectivity index (χ0n) is 8.78. The molecule has 0 aliphatic carbocycles. The Bertz CT molecular complexity index is 243. The smallest absolute Gasteiger partial charge is 1.00 e. The molecule has 0 fully saturated rings. The maximum atomic E-state index is 10.3. The molecule has 0 aliphatic rings. The molecule has 0 amide bonds. The Hall–Kier alpha value is -0.513. The molecule has 0 unspecified atom stereocenters. The first-order chi connectivity index (χ1) is 5.78. The van der Waals surface area contributed by atoms with Crippen LogP contribution in [0, 0.1) is 0 Å². The second-order valence-electron chi connectivity index (χ2n) is 2.48. The largest absolute Gasteiger partial charge is 1.00 e. The summed E-state index contributed by atoms with van der Waals surface area (Å²) in [5, 5.41) is 33.8. The number of rotatable bonds is 5. The van der Waals surface area contributed by atoms with E-state index in [0.29, 0.717) is 0 Å². The van der Waals surface area contributed by atoms with Crippen LogP contribution in [-0.2, 0) is 31.5 Å². The Labute approximate surface area is 109 Å². The molecule has 0 aromatic rings. The third-order valence-corrected chi connectivity index (χ3v) is 1.29. The first kappa shape index (κ1) is 20.0. The number of hydrogen-bond donors (Lipinski definition) is 4. The van der Waals surface area contributed by atoms with Crippen molar-refractivity contribution in [3.05, 3.63) is 0 Å². The average molecular weight is 256 g/mol. The van der Waals surface area contributed by atoms with E-state index in [1.54, 1.807) is 0 Å². The Balaban J connectivity index is -0.000000240. The van der Waals surface area contributed by atoms with Gasteiger partial charge in [-0.15, -0.1) is 0 Å². The van der Waals surface area contributed by atoms with Crippen molar-refractivity contribution in [2.24, 2.45) is 0 Å². The number of carbonyl (C=O) groups is 3. The van der Waals surface area contributed by atoms with Crippen molar-refractivity contribution in [3.63, 3.8) is 0 Å². The van der Waals surface area contributed by atoms with Crippen molar-refractivity contribution in [3.8, 4) is 0 Å². The van der Waals surface area contributed by atoms with E-state index in [9.17, 15) is 14.4 Å². The van der Waals surface area contributed by atoms with Crippen LogP contribution in [0.4, 0.5) is 0 Å². The first-order valence-electron chi connectivity index (χ1n) is 3.17. The Morgan fingerprint density at radius 1 is 1.00 bits per heavy atom. The summed E-state index contributed by atoms with van der Waals surface area (Å²) in [5.74, 6) is -5.02. The van der Waals surface area contributed by atoms with Crippen LogP contribution in [0.15, 0.2) is 0 Å². The van der Waals surface area contributed by atoms with Crippen molar-refractivity contribution in [2.75, 3.05) is 0 Å². The third kappa shape index (κ3) is 7.42. The summed E-state index contributed by atoms with van der Waals surface area (Å²) in [4.78, 5) is 30.5. The SMILES string of the molecule is O=C(O)CC(O)(CC(=O)O)C(=O)O.[Fe].[H-].[Li+]. The molecular formula is C6H9FeLiO7. The van der Waals surface area contributed by atoms with Crippen molar-refractivity contribution in [1.29, 1.82) is 0 Å². The molecule has 0 rings (SSSR count). The van der Waals surface area contributed by atoms with E-state index in [0.717, 1.165) is 0 Å². The average Bonchev–Trinajstić information content (AvgIpc) is 1.82. The molecule has 0 aliphatic heterocycles. The zero-order chi connectivity index (χ0) is 10.6. The van der Waals surface area contributed by atoms with E-state index in [-0.39, 0.29) is 37.4 Å². The van der Waals surface area contributed by atoms with E-state index in [1.807, 2.05) is 0 Å². The molecule has 9 heteroatoms. The molecule has 0 saturated carbocycles. The summed E-state index contributed by atoms with van der Waals surface area (Å²) in [7, 11) is 0. The van der Waals surface area contributed by atoms with Crippen molar-refractivity contribution in [2.45, 2.75) is 18.4 Å². The van der Waals surface area contributed by atoms with Crippen molar-refractivity contribution >= 4 is 17.9 Å². The standard InChI is InChI=1S/C6H8O7.Fe.Li.H/c7-3(8)1-6(13,5(11)12)2-4(9)10;;;/h13H,1-2H2,(H,7,8)(H,9,10)(H,11,12);;;/q;;+1;-1. The third-order valence-electron chi connectivity index (χ3n) is 1.29. The summed E-state index contributed by atoms with van der Waals surface area (Å²) in [6.07, 6.45) is -2.29. The second kappa shape index (κ2) is 7.74. The van der Waals surface area contributed by atoms with Gasteiger partial charge in [-0.25, -0.2) is 4.79 Å². The van der Waals surface area contributed by atoms with Crippen LogP contribution in [0.5, 0.6) is 0 Å². The van der Waals surface area contributed by atoms with Gasteiger partial charge in [0.25, 0.3) is 0 Å². The molecule has 0 saturated heterocycles. The van der Waals surface area contributed by atoms with Crippen molar-refractivity contribution < 1.29 is 72.2 Å². The molecule has 84 valence electrons. The predicted molar refractivity (Wildman–Crippen MR) is 38.2 cm³/mol. The summed E-state index contributed by atoms with van der Waals surface area (Å²) in [5.41, 5.74) is -2.74. The Morgan fingerprint density at radius 2 is 1.27 bits per heavy atom. The van der Waals surface area contributed by atoms with E-state index in [4.69, 9.17) is 20.4 Å². The number of aliphatic carboxylic acids is 3. The Morgan fingerprint density at radius 3 is 1.40 bits per heavy atom. The molecule has 0 radical (unpaired) electrons. The molecule has 0 spiro atoms. The maximum Gasteiger partial charge on any atom is 1.00 e.